The summed E-state index contributed by atoms with van der Waals surface area (Å²) in [6.45, 7) is 0.738. The van der Waals surface area contributed by atoms with Gasteiger partial charge >= 0.3 is 0 Å². The number of nitrogens with two attached hydrogens (primary N) is 1. The molecule has 4 heteroatoms. The predicted octanol–water partition coefficient (Wildman–Crippen LogP) is 4.08. The molecule has 3 rings (SSSR count). The molecule has 0 aliphatic carbocycles. The van der Waals surface area contributed by atoms with Crippen LogP contribution in [-0.4, -0.2) is 4.98 Å². The molecule has 1 aromatic heterocycles. The van der Waals surface area contributed by atoms with Gasteiger partial charge in [-0.15, -0.1) is 0 Å². The summed E-state index contributed by atoms with van der Waals surface area (Å²) in [6.07, 6.45) is 1.78. The summed E-state index contributed by atoms with van der Waals surface area (Å²) >= 11 is 5.99. The Balaban J connectivity index is 1.85. The van der Waals surface area contributed by atoms with Gasteiger partial charge in [-0.1, -0.05) is 23.7 Å². The van der Waals surface area contributed by atoms with E-state index in [0.717, 1.165) is 28.8 Å². The second kappa shape index (κ2) is 5.39. The molecular weight excluding hydrogens is 270 g/mol. The Bertz CT molecular complexity index is 738. The van der Waals surface area contributed by atoms with Crippen LogP contribution in [0.4, 0.5) is 11.4 Å². The van der Waals surface area contributed by atoms with Crippen LogP contribution < -0.4 is 11.1 Å². The minimum Gasteiger partial charge on any atom is -0.399 e. The third-order valence-electron chi connectivity index (χ3n) is 3.17. The van der Waals surface area contributed by atoms with Crippen LogP contribution in [-0.2, 0) is 6.54 Å². The van der Waals surface area contributed by atoms with E-state index in [9.17, 15) is 0 Å². The van der Waals surface area contributed by atoms with E-state index in [-0.39, 0.29) is 0 Å². The average molecular weight is 284 g/mol. The first-order chi connectivity index (χ1) is 9.72. The van der Waals surface area contributed by atoms with Crippen LogP contribution >= 0.6 is 11.6 Å². The molecule has 0 aliphatic rings. The molecule has 0 radical (unpaired) electrons. The van der Waals surface area contributed by atoms with Crippen molar-refractivity contribution in [1.29, 1.82) is 0 Å². The lowest BCUT2D eigenvalue weighted by Crippen LogP contribution is -2.00. The summed E-state index contributed by atoms with van der Waals surface area (Å²) in [6, 6.07) is 15.5. The molecule has 0 saturated heterocycles. The number of anilines is 2. The smallest absolute Gasteiger partial charge is 0.0737 e. The van der Waals surface area contributed by atoms with Crippen LogP contribution in [0.2, 0.25) is 5.02 Å². The van der Waals surface area contributed by atoms with Gasteiger partial charge in [-0.05, 0) is 42.0 Å². The number of halogens is 1. The minimum absolute atomic E-state index is 0.695. The molecule has 0 spiro atoms. The van der Waals surface area contributed by atoms with Gasteiger partial charge in [0.2, 0.25) is 0 Å². The number of hydrogen-bond donors (Lipinski definition) is 2. The number of nitrogens with zero attached hydrogens (tertiary/aromatic N) is 1. The summed E-state index contributed by atoms with van der Waals surface area (Å²) in [5, 5.41) is 5.18. The summed E-state index contributed by atoms with van der Waals surface area (Å²) in [5.74, 6) is 0. The number of fused-ring (bicyclic) bond motifs is 1. The lowest BCUT2D eigenvalue weighted by Gasteiger charge is -2.10. The Labute approximate surface area is 122 Å². The predicted molar refractivity (Wildman–Crippen MR) is 84.9 cm³/mol. The van der Waals surface area contributed by atoms with Gasteiger partial charge in [0.25, 0.3) is 0 Å². The molecule has 3 N–H and O–H groups in total. The SMILES string of the molecule is Nc1ccc(CNc2ccnc3cc(Cl)ccc23)cc1. The van der Waals surface area contributed by atoms with E-state index in [0.29, 0.717) is 5.02 Å². The zero-order valence-corrected chi connectivity index (χ0v) is 11.6. The van der Waals surface area contributed by atoms with Crippen LogP contribution in [0.25, 0.3) is 10.9 Å². The Morgan fingerprint density at radius 2 is 1.85 bits per heavy atom. The Hall–Kier alpha value is -2.26. The van der Waals surface area contributed by atoms with E-state index >= 15 is 0 Å². The van der Waals surface area contributed by atoms with Gasteiger partial charge in [0, 0.05) is 34.5 Å². The van der Waals surface area contributed by atoms with Gasteiger partial charge in [0.05, 0.1) is 5.52 Å². The third kappa shape index (κ3) is 2.68. The standard InChI is InChI=1S/C16H14ClN3/c17-12-3-6-14-15(7-8-19-16(14)9-12)20-10-11-1-4-13(18)5-2-11/h1-9H,10,18H2,(H,19,20). The lowest BCUT2D eigenvalue weighted by molar-refractivity contribution is 1.15. The molecule has 1 heterocycles. The van der Waals surface area contributed by atoms with Crippen molar-refractivity contribution < 1.29 is 0 Å². The molecule has 0 atom stereocenters. The lowest BCUT2D eigenvalue weighted by atomic mass is 10.1. The number of benzene rings is 2. The molecule has 3 nitrogen and oxygen atoms in total. The second-order valence-corrected chi connectivity index (χ2v) is 5.05. The highest BCUT2D eigenvalue weighted by Gasteiger charge is 2.02. The first-order valence-electron chi connectivity index (χ1n) is 6.35. The Morgan fingerprint density at radius 1 is 1.05 bits per heavy atom. The highest BCUT2D eigenvalue weighted by atomic mass is 35.5. The largest absolute Gasteiger partial charge is 0.399 e. The summed E-state index contributed by atoms with van der Waals surface area (Å²) in [7, 11) is 0. The van der Waals surface area contributed by atoms with E-state index < -0.39 is 0 Å². The monoisotopic (exact) mass is 283 g/mol. The van der Waals surface area contributed by atoms with Gasteiger partial charge in [0.1, 0.15) is 0 Å². The third-order valence-corrected chi connectivity index (χ3v) is 3.40. The highest BCUT2D eigenvalue weighted by molar-refractivity contribution is 6.31. The first-order valence-corrected chi connectivity index (χ1v) is 6.73. The van der Waals surface area contributed by atoms with Gasteiger partial charge < -0.3 is 11.1 Å². The summed E-state index contributed by atoms with van der Waals surface area (Å²) < 4.78 is 0. The summed E-state index contributed by atoms with van der Waals surface area (Å²) in [4.78, 5) is 4.33. The number of nitrogens with one attached hydrogen (secondary N) is 1. The maximum absolute atomic E-state index is 5.99. The molecule has 2 aromatic carbocycles. The van der Waals surface area contributed by atoms with Crippen molar-refractivity contribution in [3.05, 3.63) is 65.3 Å². The van der Waals surface area contributed by atoms with Crippen LogP contribution in [0, 0.1) is 0 Å². The molecular formula is C16H14ClN3. The first kappa shape index (κ1) is 12.8. The van der Waals surface area contributed by atoms with Gasteiger partial charge in [-0.3, -0.25) is 4.98 Å². The zero-order chi connectivity index (χ0) is 13.9. The molecule has 0 amide bonds. The maximum Gasteiger partial charge on any atom is 0.0737 e. The molecule has 20 heavy (non-hydrogen) atoms. The molecule has 100 valence electrons. The number of pyridine rings is 1. The van der Waals surface area contributed by atoms with Crippen LogP contribution in [0.15, 0.2) is 54.7 Å². The normalized spacial score (nSPS) is 10.7. The molecule has 0 fully saturated rings. The van der Waals surface area contributed by atoms with Crippen molar-refractivity contribution in [2.24, 2.45) is 0 Å². The number of nitrogen functional groups attached to an aromatic ring is 1. The average Bonchev–Trinajstić information content (AvgIpc) is 2.46. The summed E-state index contributed by atoms with van der Waals surface area (Å²) in [5.41, 5.74) is 9.57. The van der Waals surface area contributed by atoms with Crippen molar-refractivity contribution in [2.75, 3.05) is 11.1 Å². The molecule has 0 bridgehead atoms. The fourth-order valence-electron chi connectivity index (χ4n) is 2.11. The molecule has 0 unspecified atom stereocenters. The van der Waals surface area contributed by atoms with E-state index in [4.69, 9.17) is 17.3 Å². The second-order valence-electron chi connectivity index (χ2n) is 4.62. The Kier molecular flexibility index (Phi) is 3.44. The van der Waals surface area contributed by atoms with Crippen LogP contribution in [0.5, 0.6) is 0 Å². The highest BCUT2D eigenvalue weighted by Crippen LogP contribution is 2.24. The topological polar surface area (TPSA) is 50.9 Å². The van der Waals surface area contributed by atoms with E-state index in [1.807, 2.05) is 48.5 Å². The number of hydrogen-bond acceptors (Lipinski definition) is 3. The molecule has 3 aromatic rings. The van der Waals surface area contributed by atoms with Crippen LogP contribution in [0.1, 0.15) is 5.56 Å². The van der Waals surface area contributed by atoms with E-state index in [1.165, 1.54) is 5.56 Å². The van der Waals surface area contributed by atoms with Crippen LogP contribution in [0.3, 0.4) is 0 Å². The Morgan fingerprint density at radius 3 is 2.65 bits per heavy atom. The fourth-order valence-corrected chi connectivity index (χ4v) is 2.27. The zero-order valence-electron chi connectivity index (χ0n) is 10.8. The van der Waals surface area contributed by atoms with Crippen molar-refractivity contribution in [2.45, 2.75) is 6.54 Å². The fraction of sp³-hybridized carbons (Fsp3) is 0.0625. The maximum atomic E-state index is 5.99. The van der Waals surface area contributed by atoms with Gasteiger partial charge in [-0.2, -0.15) is 0 Å². The minimum atomic E-state index is 0.695. The van der Waals surface area contributed by atoms with Gasteiger partial charge in [-0.25, -0.2) is 0 Å². The van der Waals surface area contributed by atoms with E-state index in [2.05, 4.69) is 10.3 Å². The van der Waals surface area contributed by atoms with Crippen molar-refractivity contribution in [1.82, 2.24) is 4.98 Å². The number of rotatable bonds is 3. The van der Waals surface area contributed by atoms with E-state index in [1.54, 1.807) is 6.20 Å². The number of aromatic nitrogens is 1. The molecule has 0 saturated carbocycles. The van der Waals surface area contributed by atoms with Crippen molar-refractivity contribution in [3.63, 3.8) is 0 Å². The van der Waals surface area contributed by atoms with Crippen molar-refractivity contribution >= 4 is 33.9 Å². The van der Waals surface area contributed by atoms with Gasteiger partial charge in [0.15, 0.2) is 0 Å². The molecule has 0 aliphatic heterocycles. The van der Waals surface area contributed by atoms with Crippen molar-refractivity contribution in [3.8, 4) is 0 Å². The quantitative estimate of drug-likeness (QED) is 0.712.